The van der Waals surface area contributed by atoms with Crippen LogP contribution in [0.25, 0.3) is 5.57 Å². The maximum atomic E-state index is 11.8. The van der Waals surface area contributed by atoms with Crippen molar-refractivity contribution in [2.75, 3.05) is 13.7 Å². The van der Waals surface area contributed by atoms with Crippen LogP contribution in [-0.4, -0.2) is 19.7 Å². The Kier molecular flexibility index (Phi) is 10.2. The first-order valence-electron chi connectivity index (χ1n) is 11.7. The van der Waals surface area contributed by atoms with Crippen molar-refractivity contribution in [3.05, 3.63) is 95.6 Å². The van der Waals surface area contributed by atoms with Gasteiger partial charge in [-0.3, -0.25) is 4.79 Å². The molecule has 0 fully saturated rings. The predicted octanol–water partition coefficient (Wildman–Crippen LogP) is 7.39. The molecule has 3 nitrogen and oxygen atoms in total. The van der Waals surface area contributed by atoms with E-state index in [1.807, 2.05) is 57.2 Å². The summed E-state index contributed by atoms with van der Waals surface area (Å²) in [5, 5.41) is 0. The Morgan fingerprint density at radius 2 is 1.73 bits per heavy atom. The molecule has 2 aromatic carbocycles. The normalized spacial score (nSPS) is 14.8. The second-order valence-corrected chi connectivity index (χ2v) is 8.94. The van der Waals surface area contributed by atoms with Gasteiger partial charge in [-0.05, 0) is 59.2 Å². The predicted molar refractivity (Wildman–Crippen MR) is 138 cm³/mol. The molecule has 1 aliphatic rings. The number of esters is 1. The van der Waals surface area contributed by atoms with Crippen molar-refractivity contribution in [3.8, 4) is 5.75 Å². The Hall–Kier alpha value is -3.07. The highest BCUT2D eigenvalue weighted by Crippen LogP contribution is 2.43. The van der Waals surface area contributed by atoms with Crippen LogP contribution in [0.15, 0.2) is 78.9 Å². The second-order valence-electron chi connectivity index (χ2n) is 8.94. The third-order valence-electron chi connectivity index (χ3n) is 5.53. The lowest BCUT2D eigenvalue weighted by molar-refractivity contribution is -0.147. The summed E-state index contributed by atoms with van der Waals surface area (Å²) in [4.78, 5) is 11.8. The zero-order chi connectivity index (χ0) is 24.4. The SMILES string of the molecule is C=CC1=C(/C=C\C)C(COC(=O)C(C)C)c2ccccc21.COc1ccc(CC(C)C)cc1. The molecule has 1 atom stereocenters. The number of carbonyl (C=O) groups is 1. The van der Waals surface area contributed by atoms with Gasteiger partial charge < -0.3 is 9.47 Å². The minimum Gasteiger partial charge on any atom is -0.497 e. The summed E-state index contributed by atoms with van der Waals surface area (Å²) in [7, 11) is 1.69. The summed E-state index contributed by atoms with van der Waals surface area (Å²) in [6.07, 6.45) is 7.13. The molecule has 0 heterocycles. The minimum absolute atomic E-state index is 0.0908. The van der Waals surface area contributed by atoms with E-state index in [-0.39, 0.29) is 17.8 Å². The lowest BCUT2D eigenvalue weighted by Crippen LogP contribution is -2.16. The summed E-state index contributed by atoms with van der Waals surface area (Å²) in [5.74, 6) is 1.49. The molecule has 3 heteroatoms. The molecule has 0 N–H and O–H groups in total. The fraction of sp³-hybridized carbons (Fsp3) is 0.367. The summed E-state index contributed by atoms with van der Waals surface area (Å²) in [6.45, 7) is 14.5. The van der Waals surface area contributed by atoms with Gasteiger partial charge in [0.05, 0.1) is 13.0 Å². The average molecular weight is 447 g/mol. The molecule has 0 radical (unpaired) electrons. The highest BCUT2D eigenvalue weighted by molar-refractivity contribution is 5.86. The maximum absolute atomic E-state index is 11.8. The van der Waals surface area contributed by atoms with Crippen LogP contribution < -0.4 is 4.74 Å². The molecule has 0 aromatic heterocycles. The van der Waals surface area contributed by atoms with Crippen LogP contribution in [0, 0.1) is 11.8 Å². The van der Waals surface area contributed by atoms with Gasteiger partial charge in [-0.15, -0.1) is 0 Å². The quantitative estimate of drug-likeness (QED) is 0.397. The smallest absolute Gasteiger partial charge is 0.308 e. The zero-order valence-electron chi connectivity index (χ0n) is 20.9. The van der Waals surface area contributed by atoms with Crippen LogP contribution >= 0.6 is 0 Å². The number of benzene rings is 2. The highest BCUT2D eigenvalue weighted by Gasteiger charge is 2.29. The third kappa shape index (κ3) is 7.21. The molecule has 0 saturated carbocycles. The standard InChI is InChI=1S/C19H22O2.C11H16O/c1-5-9-15-14(6-2)16-10-7-8-11-17(16)18(15)12-21-19(20)13(3)4;1-9(2)8-10-4-6-11(12-3)7-5-10/h5-11,13,18H,2,12H2,1,3-4H3;4-7,9H,8H2,1-3H3/b9-5-;. The van der Waals surface area contributed by atoms with Crippen LogP contribution in [0.5, 0.6) is 5.75 Å². The van der Waals surface area contributed by atoms with Crippen molar-refractivity contribution in [2.24, 2.45) is 11.8 Å². The van der Waals surface area contributed by atoms with E-state index in [4.69, 9.17) is 9.47 Å². The van der Waals surface area contributed by atoms with E-state index in [0.717, 1.165) is 23.7 Å². The van der Waals surface area contributed by atoms with Crippen molar-refractivity contribution in [1.82, 2.24) is 0 Å². The number of methoxy groups -OCH3 is 1. The third-order valence-corrected chi connectivity index (χ3v) is 5.53. The first-order chi connectivity index (χ1) is 15.8. The number of ether oxygens (including phenoxy) is 2. The van der Waals surface area contributed by atoms with E-state index in [2.05, 4.69) is 50.8 Å². The summed E-state index contributed by atoms with van der Waals surface area (Å²) < 4.78 is 10.5. The summed E-state index contributed by atoms with van der Waals surface area (Å²) >= 11 is 0. The zero-order valence-corrected chi connectivity index (χ0v) is 20.9. The summed E-state index contributed by atoms with van der Waals surface area (Å²) in [5.41, 5.74) is 6.08. The molecule has 1 aliphatic carbocycles. The first-order valence-corrected chi connectivity index (χ1v) is 11.7. The fourth-order valence-corrected chi connectivity index (χ4v) is 3.91. The van der Waals surface area contributed by atoms with Crippen LogP contribution in [0.2, 0.25) is 0 Å². The van der Waals surface area contributed by atoms with Crippen molar-refractivity contribution in [1.29, 1.82) is 0 Å². The van der Waals surface area contributed by atoms with Gasteiger partial charge in [0.15, 0.2) is 0 Å². The van der Waals surface area contributed by atoms with E-state index in [0.29, 0.717) is 6.61 Å². The summed E-state index contributed by atoms with van der Waals surface area (Å²) in [6, 6.07) is 16.5. The van der Waals surface area contributed by atoms with Crippen molar-refractivity contribution in [2.45, 2.75) is 47.0 Å². The molecule has 176 valence electrons. The number of rotatable bonds is 8. The Bertz CT molecular complexity index is 978. The Morgan fingerprint density at radius 1 is 1.06 bits per heavy atom. The van der Waals surface area contributed by atoms with Crippen molar-refractivity contribution >= 4 is 11.5 Å². The fourth-order valence-electron chi connectivity index (χ4n) is 3.91. The second kappa shape index (κ2) is 12.8. The molecule has 1 unspecified atom stereocenters. The lowest BCUT2D eigenvalue weighted by Gasteiger charge is -2.16. The Morgan fingerprint density at radius 3 is 2.27 bits per heavy atom. The molecular weight excluding hydrogens is 408 g/mol. The van der Waals surface area contributed by atoms with Crippen LogP contribution in [0.4, 0.5) is 0 Å². The Balaban J connectivity index is 0.000000273. The van der Waals surface area contributed by atoms with E-state index in [9.17, 15) is 4.79 Å². The van der Waals surface area contributed by atoms with Gasteiger partial charge in [0.25, 0.3) is 0 Å². The molecular formula is C30H38O3. The van der Waals surface area contributed by atoms with Gasteiger partial charge in [0.1, 0.15) is 12.4 Å². The highest BCUT2D eigenvalue weighted by atomic mass is 16.5. The van der Waals surface area contributed by atoms with Gasteiger partial charge in [0.2, 0.25) is 0 Å². The number of carbonyl (C=O) groups excluding carboxylic acids is 1. The van der Waals surface area contributed by atoms with Crippen LogP contribution in [0.3, 0.4) is 0 Å². The van der Waals surface area contributed by atoms with Gasteiger partial charge in [0, 0.05) is 5.92 Å². The maximum Gasteiger partial charge on any atom is 0.308 e. The van der Waals surface area contributed by atoms with Crippen LogP contribution in [-0.2, 0) is 16.0 Å². The van der Waals surface area contributed by atoms with E-state index in [1.54, 1.807) is 7.11 Å². The molecule has 33 heavy (non-hydrogen) atoms. The number of hydrogen-bond donors (Lipinski definition) is 0. The average Bonchev–Trinajstić information content (AvgIpc) is 3.10. The molecule has 0 saturated heterocycles. The van der Waals surface area contributed by atoms with Gasteiger partial charge in [-0.25, -0.2) is 0 Å². The monoisotopic (exact) mass is 446 g/mol. The number of hydrogen-bond acceptors (Lipinski definition) is 3. The minimum atomic E-state index is -0.153. The molecule has 3 rings (SSSR count). The van der Waals surface area contributed by atoms with E-state index >= 15 is 0 Å². The molecule has 0 bridgehead atoms. The van der Waals surface area contributed by atoms with Crippen molar-refractivity contribution in [3.63, 3.8) is 0 Å². The van der Waals surface area contributed by atoms with Gasteiger partial charge >= 0.3 is 5.97 Å². The molecule has 0 spiro atoms. The number of allylic oxidation sites excluding steroid dienone is 4. The lowest BCUT2D eigenvalue weighted by atomic mass is 9.96. The molecule has 2 aromatic rings. The first kappa shape index (κ1) is 26.2. The largest absolute Gasteiger partial charge is 0.497 e. The van der Waals surface area contributed by atoms with Crippen LogP contribution in [0.1, 0.15) is 57.2 Å². The number of fused-ring (bicyclic) bond motifs is 1. The van der Waals surface area contributed by atoms with E-state index in [1.165, 1.54) is 22.3 Å². The Labute approximate surface area is 199 Å². The topological polar surface area (TPSA) is 35.5 Å². The van der Waals surface area contributed by atoms with Crippen molar-refractivity contribution < 1.29 is 14.3 Å². The molecule has 0 amide bonds. The molecule has 0 aliphatic heterocycles. The van der Waals surface area contributed by atoms with E-state index < -0.39 is 0 Å². The van der Waals surface area contributed by atoms with Gasteiger partial charge in [-0.1, -0.05) is 88.9 Å². The van der Waals surface area contributed by atoms with Gasteiger partial charge in [-0.2, -0.15) is 0 Å².